The number of ether oxygens (including phenoxy) is 1. The van der Waals surface area contributed by atoms with Crippen molar-refractivity contribution in [1.29, 1.82) is 0 Å². The highest BCUT2D eigenvalue weighted by Gasteiger charge is 2.19. The number of benzene rings is 1. The third kappa shape index (κ3) is 3.42. The number of nitrogens with one attached hydrogen (secondary N) is 1. The smallest absolute Gasteiger partial charge is 0.255 e. The Morgan fingerprint density at radius 3 is 2.78 bits per heavy atom. The van der Waals surface area contributed by atoms with E-state index in [0.29, 0.717) is 23.6 Å². The van der Waals surface area contributed by atoms with Gasteiger partial charge in [-0.3, -0.25) is 4.79 Å². The van der Waals surface area contributed by atoms with Gasteiger partial charge in [0.15, 0.2) is 0 Å². The molecule has 1 N–H and O–H groups in total. The highest BCUT2D eigenvalue weighted by atomic mass is 32.1. The van der Waals surface area contributed by atoms with Crippen molar-refractivity contribution in [2.75, 3.05) is 12.3 Å². The molecule has 1 aromatic carbocycles. The first-order valence-electron chi connectivity index (χ1n) is 6.46. The lowest BCUT2D eigenvalue weighted by atomic mass is 10.2. The molecular formula is C14H19NO2S. The second kappa shape index (κ2) is 6.69. The van der Waals surface area contributed by atoms with Crippen LogP contribution >= 0.6 is 12.6 Å². The van der Waals surface area contributed by atoms with E-state index in [1.807, 2.05) is 18.2 Å². The number of carbonyl (C=O) groups is 1. The molecule has 0 unspecified atom stereocenters. The fourth-order valence-corrected chi connectivity index (χ4v) is 2.32. The maximum Gasteiger partial charge on any atom is 0.255 e. The minimum atomic E-state index is -0.0855. The Hall–Kier alpha value is -1.16. The van der Waals surface area contributed by atoms with Crippen molar-refractivity contribution in [2.24, 2.45) is 0 Å². The summed E-state index contributed by atoms with van der Waals surface area (Å²) in [5, 5.41) is 2.82. The number of carbonyl (C=O) groups excluding carboxylic acids is 1. The normalized spacial score (nSPS) is 15.6. The number of para-hydroxylation sites is 1. The average molecular weight is 265 g/mol. The fourth-order valence-electron chi connectivity index (χ4n) is 2.21. The highest BCUT2D eigenvalue weighted by Crippen LogP contribution is 2.26. The van der Waals surface area contributed by atoms with Crippen LogP contribution in [0.3, 0.4) is 0 Å². The van der Waals surface area contributed by atoms with Gasteiger partial charge in [-0.1, -0.05) is 12.1 Å². The first-order chi connectivity index (χ1) is 8.81. The molecule has 0 heterocycles. The average Bonchev–Trinajstić information content (AvgIpc) is 2.89. The lowest BCUT2D eigenvalue weighted by molar-refractivity contribution is 0.0949. The number of thiol groups is 1. The summed E-state index contributed by atoms with van der Waals surface area (Å²) in [6.45, 7) is 0.569. The molecule has 0 saturated heterocycles. The molecule has 1 aliphatic carbocycles. The van der Waals surface area contributed by atoms with E-state index < -0.39 is 0 Å². The molecule has 1 aromatic rings. The van der Waals surface area contributed by atoms with Crippen LogP contribution in [0.25, 0.3) is 0 Å². The summed E-state index contributed by atoms with van der Waals surface area (Å²) in [5.41, 5.74) is 0.617. The second-order valence-electron chi connectivity index (χ2n) is 4.50. The minimum absolute atomic E-state index is 0.0855. The topological polar surface area (TPSA) is 38.3 Å². The zero-order chi connectivity index (χ0) is 12.8. The molecule has 0 atom stereocenters. The number of hydrogen-bond donors (Lipinski definition) is 2. The van der Waals surface area contributed by atoms with Crippen molar-refractivity contribution < 1.29 is 9.53 Å². The van der Waals surface area contributed by atoms with E-state index in [1.54, 1.807) is 6.07 Å². The summed E-state index contributed by atoms with van der Waals surface area (Å²) in [4.78, 5) is 12.0. The molecule has 2 rings (SSSR count). The third-order valence-electron chi connectivity index (χ3n) is 3.12. The molecule has 0 aromatic heterocycles. The van der Waals surface area contributed by atoms with Gasteiger partial charge in [0.2, 0.25) is 0 Å². The summed E-state index contributed by atoms with van der Waals surface area (Å²) in [6, 6.07) is 7.43. The minimum Gasteiger partial charge on any atom is -0.490 e. The van der Waals surface area contributed by atoms with Crippen LogP contribution < -0.4 is 10.1 Å². The van der Waals surface area contributed by atoms with Gasteiger partial charge in [0.25, 0.3) is 5.91 Å². The van der Waals surface area contributed by atoms with E-state index in [9.17, 15) is 4.79 Å². The maximum atomic E-state index is 12.0. The van der Waals surface area contributed by atoms with Crippen molar-refractivity contribution >= 4 is 18.5 Å². The van der Waals surface area contributed by atoms with Crippen molar-refractivity contribution in [3.8, 4) is 5.75 Å². The van der Waals surface area contributed by atoms with Crippen LogP contribution in [0.5, 0.6) is 5.75 Å². The van der Waals surface area contributed by atoms with E-state index >= 15 is 0 Å². The first kappa shape index (κ1) is 13.3. The fraction of sp³-hybridized carbons (Fsp3) is 0.500. The third-order valence-corrected chi connectivity index (χ3v) is 3.35. The molecular weight excluding hydrogens is 246 g/mol. The molecule has 4 heteroatoms. The van der Waals surface area contributed by atoms with Crippen molar-refractivity contribution in [2.45, 2.75) is 31.8 Å². The lowest BCUT2D eigenvalue weighted by Crippen LogP contribution is -2.26. The van der Waals surface area contributed by atoms with Crippen molar-refractivity contribution in [3.05, 3.63) is 29.8 Å². The maximum absolute atomic E-state index is 12.0. The van der Waals surface area contributed by atoms with Crippen LogP contribution in [0, 0.1) is 0 Å². The highest BCUT2D eigenvalue weighted by molar-refractivity contribution is 7.80. The molecule has 1 saturated carbocycles. The predicted octanol–water partition coefficient (Wildman–Crippen LogP) is 2.67. The Morgan fingerprint density at radius 2 is 2.06 bits per heavy atom. The molecule has 1 amide bonds. The van der Waals surface area contributed by atoms with Crippen LogP contribution in [0.4, 0.5) is 0 Å². The molecule has 0 aliphatic heterocycles. The zero-order valence-electron chi connectivity index (χ0n) is 10.4. The van der Waals surface area contributed by atoms with Crippen LogP contribution in [-0.4, -0.2) is 24.3 Å². The molecule has 0 spiro atoms. The molecule has 0 radical (unpaired) electrons. The first-order valence-corrected chi connectivity index (χ1v) is 7.09. The molecule has 1 aliphatic rings. The van der Waals surface area contributed by atoms with Gasteiger partial charge in [-0.15, -0.1) is 0 Å². The van der Waals surface area contributed by atoms with Crippen LogP contribution in [0.2, 0.25) is 0 Å². The quantitative estimate of drug-likeness (QED) is 0.803. The van der Waals surface area contributed by atoms with E-state index in [0.717, 1.165) is 12.8 Å². The Bertz CT molecular complexity index is 403. The van der Waals surface area contributed by atoms with Gasteiger partial charge in [0.1, 0.15) is 5.75 Å². The van der Waals surface area contributed by atoms with Gasteiger partial charge in [-0.05, 0) is 37.8 Å². The summed E-state index contributed by atoms with van der Waals surface area (Å²) in [5.74, 6) is 1.25. The monoisotopic (exact) mass is 265 g/mol. The molecule has 3 nitrogen and oxygen atoms in total. The van der Waals surface area contributed by atoms with Gasteiger partial charge in [-0.25, -0.2) is 0 Å². The molecule has 1 fully saturated rings. The van der Waals surface area contributed by atoms with Gasteiger partial charge < -0.3 is 10.1 Å². The van der Waals surface area contributed by atoms with Crippen LogP contribution in [-0.2, 0) is 0 Å². The number of amides is 1. The van der Waals surface area contributed by atoms with Gasteiger partial charge in [-0.2, -0.15) is 12.6 Å². The lowest BCUT2D eigenvalue weighted by Gasteiger charge is -2.16. The zero-order valence-corrected chi connectivity index (χ0v) is 11.3. The van der Waals surface area contributed by atoms with E-state index in [4.69, 9.17) is 4.74 Å². The molecule has 0 bridgehead atoms. The summed E-state index contributed by atoms with van der Waals surface area (Å²) in [6.07, 6.45) is 4.89. The Balaban J connectivity index is 2.06. The number of rotatable bonds is 5. The van der Waals surface area contributed by atoms with E-state index in [-0.39, 0.29) is 12.0 Å². The molecule has 98 valence electrons. The SMILES string of the molecule is O=C(NCCS)c1ccccc1OC1CCCC1. The van der Waals surface area contributed by atoms with Gasteiger partial charge in [0.05, 0.1) is 11.7 Å². The van der Waals surface area contributed by atoms with Gasteiger partial charge >= 0.3 is 0 Å². The largest absolute Gasteiger partial charge is 0.490 e. The van der Waals surface area contributed by atoms with E-state index in [1.165, 1.54) is 12.8 Å². The van der Waals surface area contributed by atoms with Crippen molar-refractivity contribution in [3.63, 3.8) is 0 Å². The van der Waals surface area contributed by atoms with Crippen molar-refractivity contribution in [1.82, 2.24) is 5.32 Å². The van der Waals surface area contributed by atoms with E-state index in [2.05, 4.69) is 17.9 Å². The summed E-state index contributed by atoms with van der Waals surface area (Å²) >= 11 is 4.08. The van der Waals surface area contributed by atoms with Crippen LogP contribution in [0.15, 0.2) is 24.3 Å². The Labute approximate surface area is 113 Å². The second-order valence-corrected chi connectivity index (χ2v) is 4.95. The number of hydrogen-bond acceptors (Lipinski definition) is 3. The van der Waals surface area contributed by atoms with Crippen LogP contribution in [0.1, 0.15) is 36.0 Å². The Morgan fingerprint density at radius 1 is 1.33 bits per heavy atom. The summed E-state index contributed by atoms with van der Waals surface area (Å²) < 4.78 is 5.93. The standard InChI is InChI=1S/C14H19NO2S/c16-14(15-9-10-18)12-7-3-4-8-13(12)17-11-5-1-2-6-11/h3-4,7-8,11,18H,1-2,5-6,9-10H2,(H,15,16). The predicted molar refractivity (Wildman–Crippen MR) is 75.5 cm³/mol. The van der Waals surface area contributed by atoms with Gasteiger partial charge in [0, 0.05) is 12.3 Å². The molecule has 18 heavy (non-hydrogen) atoms. The Kier molecular flexibility index (Phi) is 4.93. The summed E-state index contributed by atoms with van der Waals surface area (Å²) in [7, 11) is 0.